The summed E-state index contributed by atoms with van der Waals surface area (Å²) in [6.07, 6.45) is 33.6. The van der Waals surface area contributed by atoms with Crippen molar-refractivity contribution in [2.24, 2.45) is 5.92 Å². The fourth-order valence-electron chi connectivity index (χ4n) is 4.48. The largest absolute Gasteiger partial charge is 0.103 e. The van der Waals surface area contributed by atoms with Gasteiger partial charge in [0, 0.05) is 12.8 Å². The Bertz CT molecular complexity index is 358. The Kier molecular flexibility index (Phi) is 26.2. The molecular weight excluding hydrogens is 360 g/mol. The number of hydrogen-bond acceptors (Lipinski definition) is 0. The molecule has 1 unspecified atom stereocenters. The van der Waals surface area contributed by atoms with Crippen LogP contribution < -0.4 is 0 Å². The molecular formula is C30H58. The molecule has 0 N–H and O–H groups in total. The van der Waals surface area contributed by atoms with E-state index in [-0.39, 0.29) is 0 Å². The molecule has 0 saturated carbocycles. The van der Waals surface area contributed by atoms with Crippen LogP contribution in [0.2, 0.25) is 0 Å². The molecule has 0 aliphatic carbocycles. The number of hydrogen-bond donors (Lipinski definition) is 0. The highest BCUT2D eigenvalue weighted by molar-refractivity contribution is 4.98. The lowest BCUT2D eigenvalue weighted by Crippen LogP contribution is -1.99. The topological polar surface area (TPSA) is 0 Å². The van der Waals surface area contributed by atoms with E-state index in [4.69, 9.17) is 0 Å². The highest BCUT2D eigenvalue weighted by Crippen LogP contribution is 2.21. The van der Waals surface area contributed by atoms with Gasteiger partial charge >= 0.3 is 0 Å². The Morgan fingerprint density at radius 2 is 0.767 bits per heavy atom. The van der Waals surface area contributed by atoms with Crippen molar-refractivity contribution < 1.29 is 0 Å². The number of unbranched alkanes of at least 4 members (excludes halogenated alkanes) is 18. The lowest BCUT2D eigenvalue weighted by Gasteiger charge is -2.13. The average molecular weight is 419 g/mol. The first-order valence-electron chi connectivity index (χ1n) is 14.3. The molecule has 0 rings (SSSR count). The first kappa shape index (κ1) is 29.6. The van der Waals surface area contributed by atoms with Crippen LogP contribution in [0.5, 0.6) is 0 Å². The van der Waals surface area contributed by atoms with E-state index in [1.807, 2.05) is 0 Å². The van der Waals surface area contributed by atoms with E-state index in [1.54, 1.807) is 0 Å². The van der Waals surface area contributed by atoms with Gasteiger partial charge in [0.25, 0.3) is 0 Å². The molecule has 0 aromatic rings. The Hall–Kier alpha value is -0.440. The van der Waals surface area contributed by atoms with Crippen molar-refractivity contribution in [3.63, 3.8) is 0 Å². The monoisotopic (exact) mass is 418 g/mol. The van der Waals surface area contributed by atoms with Gasteiger partial charge in [-0.1, -0.05) is 143 Å². The lowest BCUT2D eigenvalue weighted by molar-refractivity contribution is 0.403. The smallest absolute Gasteiger partial charge is 0.00887 e. The van der Waals surface area contributed by atoms with Crippen LogP contribution in [0.15, 0.2) is 0 Å². The van der Waals surface area contributed by atoms with Crippen LogP contribution in [0.25, 0.3) is 0 Å². The minimum Gasteiger partial charge on any atom is -0.103 e. The second-order valence-electron chi connectivity index (χ2n) is 9.72. The first-order valence-corrected chi connectivity index (χ1v) is 14.3. The van der Waals surface area contributed by atoms with Crippen LogP contribution in [0.1, 0.15) is 175 Å². The molecule has 0 bridgehead atoms. The van der Waals surface area contributed by atoms with Gasteiger partial charge in [-0.3, -0.25) is 0 Å². The van der Waals surface area contributed by atoms with Crippen LogP contribution in [-0.2, 0) is 0 Å². The summed E-state index contributed by atoms with van der Waals surface area (Å²) < 4.78 is 0. The van der Waals surface area contributed by atoms with Crippen LogP contribution >= 0.6 is 0 Å². The van der Waals surface area contributed by atoms with Crippen molar-refractivity contribution in [1.82, 2.24) is 0 Å². The maximum atomic E-state index is 3.42. The van der Waals surface area contributed by atoms with Crippen LogP contribution in [0, 0.1) is 17.8 Å². The molecule has 0 saturated heterocycles. The van der Waals surface area contributed by atoms with Gasteiger partial charge in [0.1, 0.15) is 0 Å². The molecule has 178 valence electrons. The summed E-state index contributed by atoms with van der Waals surface area (Å²) in [5.41, 5.74) is 0. The van der Waals surface area contributed by atoms with E-state index >= 15 is 0 Å². The van der Waals surface area contributed by atoms with Crippen molar-refractivity contribution in [2.75, 3.05) is 0 Å². The number of rotatable bonds is 23. The summed E-state index contributed by atoms with van der Waals surface area (Å²) in [5.74, 6) is 7.78. The lowest BCUT2D eigenvalue weighted by atomic mass is 9.93. The van der Waals surface area contributed by atoms with Gasteiger partial charge in [-0.2, -0.15) is 0 Å². The average Bonchev–Trinajstić information content (AvgIpc) is 2.76. The molecule has 0 amide bonds. The molecule has 0 heteroatoms. The van der Waals surface area contributed by atoms with Crippen LogP contribution in [0.4, 0.5) is 0 Å². The van der Waals surface area contributed by atoms with Crippen molar-refractivity contribution in [2.45, 2.75) is 175 Å². The molecule has 0 aromatic carbocycles. The van der Waals surface area contributed by atoms with Crippen molar-refractivity contribution in [1.29, 1.82) is 0 Å². The van der Waals surface area contributed by atoms with E-state index < -0.39 is 0 Å². The summed E-state index contributed by atoms with van der Waals surface area (Å²) in [5, 5.41) is 0. The van der Waals surface area contributed by atoms with E-state index in [9.17, 15) is 0 Å². The molecule has 30 heavy (non-hydrogen) atoms. The predicted octanol–water partition coefficient (Wildman–Crippen LogP) is 11.0. The second-order valence-corrected chi connectivity index (χ2v) is 9.72. The summed E-state index contributed by atoms with van der Waals surface area (Å²) in [7, 11) is 0. The summed E-state index contributed by atoms with van der Waals surface area (Å²) in [6, 6.07) is 0. The first-order chi connectivity index (χ1) is 14.8. The summed E-state index contributed by atoms with van der Waals surface area (Å²) in [4.78, 5) is 0. The van der Waals surface area contributed by atoms with E-state index in [0.717, 1.165) is 18.8 Å². The van der Waals surface area contributed by atoms with Gasteiger partial charge in [0.05, 0.1) is 0 Å². The van der Waals surface area contributed by atoms with Gasteiger partial charge in [-0.15, -0.1) is 11.8 Å². The van der Waals surface area contributed by atoms with Gasteiger partial charge in [0.2, 0.25) is 0 Å². The minimum absolute atomic E-state index is 0.952. The zero-order valence-corrected chi connectivity index (χ0v) is 21.5. The molecule has 0 heterocycles. The maximum Gasteiger partial charge on any atom is 0.00887 e. The SMILES string of the molecule is CCCCCCCC#CCCCC(CC)CCCCCCCCCCCCCCC. The second kappa shape index (κ2) is 26.6. The van der Waals surface area contributed by atoms with Gasteiger partial charge in [0.15, 0.2) is 0 Å². The Balaban J connectivity index is 3.36. The highest BCUT2D eigenvalue weighted by Gasteiger charge is 2.05. The molecule has 0 aromatic heterocycles. The quantitative estimate of drug-likeness (QED) is 0.114. The van der Waals surface area contributed by atoms with Gasteiger partial charge in [-0.05, 0) is 25.2 Å². The third-order valence-corrected chi connectivity index (χ3v) is 6.74. The normalized spacial score (nSPS) is 12.0. The van der Waals surface area contributed by atoms with Gasteiger partial charge < -0.3 is 0 Å². The van der Waals surface area contributed by atoms with Crippen LogP contribution in [0.3, 0.4) is 0 Å². The molecule has 0 aliphatic heterocycles. The van der Waals surface area contributed by atoms with Crippen molar-refractivity contribution in [3.05, 3.63) is 0 Å². The molecule has 1 atom stereocenters. The summed E-state index contributed by atoms with van der Waals surface area (Å²) in [6.45, 7) is 6.97. The molecule has 0 aliphatic rings. The predicted molar refractivity (Wildman–Crippen MR) is 139 cm³/mol. The zero-order valence-electron chi connectivity index (χ0n) is 21.5. The van der Waals surface area contributed by atoms with E-state index in [1.165, 1.54) is 141 Å². The highest BCUT2D eigenvalue weighted by atomic mass is 14.1. The Morgan fingerprint density at radius 3 is 1.23 bits per heavy atom. The fourth-order valence-corrected chi connectivity index (χ4v) is 4.48. The zero-order chi connectivity index (χ0) is 22.0. The summed E-state index contributed by atoms with van der Waals surface area (Å²) >= 11 is 0. The molecule has 0 nitrogen and oxygen atoms in total. The van der Waals surface area contributed by atoms with Crippen molar-refractivity contribution in [3.8, 4) is 11.8 Å². The van der Waals surface area contributed by atoms with E-state index in [2.05, 4.69) is 32.6 Å². The fraction of sp³-hybridized carbons (Fsp3) is 0.933. The third kappa shape index (κ3) is 23.8. The molecule has 0 fully saturated rings. The Labute approximate surface area is 192 Å². The Morgan fingerprint density at radius 1 is 0.400 bits per heavy atom. The van der Waals surface area contributed by atoms with Gasteiger partial charge in [-0.25, -0.2) is 0 Å². The standard InChI is InChI=1S/C30H58/c1-4-7-9-11-13-15-17-18-19-21-23-25-27-29-30(6-3)28-26-24-22-20-16-14-12-10-8-5-2/h30H,4-19,21,23-29H2,1-3H3. The van der Waals surface area contributed by atoms with Crippen LogP contribution in [-0.4, -0.2) is 0 Å². The third-order valence-electron chi connectivity index (χ3n) is 6.74. The molecule has 0 radical (unpaired) electrons. The minimum atomic E-state index is 0.952. The molecule has 0 spiro atoms. The maximum absolute atomic E-state index is 3.42. The van der Waals surface area contributed by atoms with E-state index in [0.29, 0.717) is 0 Å². The van der Waals surface area contributed by atoms with Crippen molar-refractivity contribution >= 4 is 0 Å².